The summed E-state index contributed by atoms with van der Waals surface area (Å²) in [6, 6.07) is 7.94. The molecule has 1 amide bonds. The zero-order chi connectivity index (χ0) is 23.2. The number of nitrogens with one attached hydrogen (secondary N) is 1. The van der Waals surface area contributed by atoms with Crippen LogP contribution < -0.4 is 10.2 Å². The second kappa shape index (κ2) is 8.71. The first-order valence-electron chi connectivity index (χ1n) is 11.4. The highest BCUT2D eigenvalue weighted by atomic mass is 35.5. The molecule has 0 radical (unpaired) electrons. The number of carbonyl (C=O) groups excluding carboxylic acids is 1. The van der Waals surface area contributed by atoms with Crippen LogP contribution in [0.5, 0.6) is 0 Å². The Morgan fingerprint density at radius 3 is 2.70 bits per heavy atom. The van der Waals surface area contributed by atoms with Gasteiger partial charge in [0.15, 0.2) is 0 Å². The number of benzene rings is 1. The lowest BCUT2D eigenvalue weighted by Crippen LogP contribution is -2.59. The second-order valence-corrected chi connectivity index (χ2v) is 9.85. The zero-order valence-electron chi connectivity index (χ0n) is 18.6. The van der Waals surface area contributed by atoms with Crippen molar-refractivity contribution in [2.75, 3.05) is 49.6 Å². The third-order valence-corrected chi connectivity index (χ3v) is 7.79. The van der Waals surface area contributed by atoms with Crippen LogP contribution >= 0.6 is 11.6 Å². The molecule has 2 aliphatic heterocycles. The fraction of sp³-hybridized carbons (Fsp3) is 0.542. The van der Waals surface area contributed by atoms with E-state index in [9.17, 15) is 9.18 Å². The van der Waals surface area contributed by atoms with E-state index in [0.717, 1.165) is 55.5 Å². The Hall–Kier alpha value is -2.47. The van der Waals surface area contributed by atoms with E-state index in [2.05, 4.69) is 26.2 Å². The Kier molecular flexibility index (Phi) is 5.89. The monoisotopic (exact) mass is 471 g/mol. The standard InChI is InChI=1S/C24H27ClFN5O2/c1-24(14-33-13-21(24)26)31-6-4-30(5-7-31)20-9-16-10-22(28-12-17(16)8-19(20)25)29-23(32)18-3-2-15(18)11-27/h8-10,12,15,18,21H,2-7,13-14H2,1H3,(H,28,29,32)/t15-,18+,21-,24+/m0/s1. The number of ether oxygens (including phenoxy) is 1. The highest BCUT2D eigenvalue weighted by Crippen LogP contribution is 2.36. The van der Waals surface area contributed by atoms with Crippen molar-refractivity contribution in [2.45, 2.75) is 31.5 Å². The van der Waals surface area contributed by atoms with Crippen LogP contribution in [0.1, 0.15) is 19.8 Å². The number of amides is 1. The maximum Gasteiger partial charge on any atom is 0.229 e. The van der Waals surface area contributed by atoms with Gasteiger partial charge in [-0.05, 0) is 43.4 Å². The van der Waals surface area contributed by atoms with Gasteiger partial charge in [-0.3, -0.25) is 9.69 Å². The normalized spacial score (nSPS) is 30.1. The minimum Gasteiger partial charge on any atom is -0.376 e. The summed E-state index contributed by atoms with van der Waals surface area (Å²) in [7, 11) is 0. The minimum atomic E-state index is -0.974. The molecule has 5 rings (SSSR count). The fourth-order valence-electron chi connectivity index (χ4n) is 5.04. The first-order chi connectivity index (χ1) is 15.9. The zero-order valence-corrected chi connectivity index (χ0v) is 19.3. The Balaban J connectivity index is 1.31. The van der Waals surface area contributed by atoms with Crippen molar-refractivity contribution >= 4 is 39.8 Å². The van der Waals surface area contributed by atoms with Crippen molar-refractivity contribution in [1.29, 1.82) is 5.26 Å². The Bertz CT molecular complexity index is 1120. The number of nitriles is 1. The van der Waals surface area contributed by atoms with Gasteiger partial charge < -0.3 is 15.0 Å². The summed E-state index contributed by atoms with van der Waals surface area (Å²) in [4.78, 5) is 21.2. The molecule has 174 valence electrons. The molecule has 7 nitrogen and oxygen atoms in total. The van der Waals surface area contributed by atoms with E-state index < -0.39 is 11.7 Å². The first kappa shape index (κ1) is 22.3. The van der Waals surface area contributed by atoms with Crippen LogP contribution in [0, 0.1) is 23.2 Å². The van der Waals surface area contributed by atoms with E-state index in [1.807, 2.05) is 25.1 Å². The molecule has 1 saturated carbocycles. The van der Waals surface area contributed by atoms with Crippen molar-refractivity contribution < 1.29 is 13.9 Å². The van der Waals surface area contributed by atoms with Crippen LogP contribution in [0.4, 0.5) is 15.9 Å². The molecular weight excluding hydrogens is 445 g/mol. The van der Waals surface area contributed by atoms with Crippen molar-refractivity contribution in [3.05, 3.63) is 29.4 Å². The molecule has 1 aromatic carbocycles. The number of alkyl halides is 1. The third-order valence-electron chi connectivity index (χ3n) is 7.49. The van der Waals surface area contributed by atoms with Gasteiger partial charge in [-0.1, -0.05) is 11.6 Å². The molecule has 2 aromatic rings. The van der Waals surface area contributed by atoms with Crippen molar-refractivity contribution in [1.82, 2.24) is 9.88 Å². The highest BCUT2D eigenvalue weighted by molar-refractivity contribution is 6.34. The predicted octanol–water partition coefficient (Wildman–Crippen LogP) is 3.63. The lowest BCUT2D eigenvalue weighted by Gasteiger charge is -2.44. The van der Waals surface area contributed by atoms with E-state index in [1.54, 1.807) is 6.20 Å². The molecule has 9 heteroatoms. The molecule has 1 aromatic heterocycles. The van der Waals surface area contributed by atoms with Gasteiger partial charge in [0.25, 0.3) is 0 Å². The summed E-state index contributed by atoms with van der Waals surface area (Å²) in [5, 5.41) is 14.4. The number of aromatic nitrogens is 1. The van der Waals surface area contributed by atoms with Crippen LogP contribution in [-0.2, 0) is 9.53 Å². The van der Waals surface area contributed by atoms with Crippen LogP contribution in [0.25, 0.3) is 10.8 Å². The number of pyridine rings is 1. The quantitative estimate of drug-likeness (QED) is 0.733. The molecule has 3 fully saturated rings. The van der Waals surface area contributed by atoms with Gasteiger partial charge in [-0.2, -0.15) is 5.26 Å². The number of piperazine rings is 1. The van der Waals surface area contributed by atoms with E-state index in [4.69, 9.17) is 21.6 Å². The molecule has 0 unspecified atom stereocenters. The fourth-order valence-corrected chi connectivity index (χ4v) is 5.33. The molecule has 33 heavy (non-hydrogen) atoms. The van der Waals surface area contributed by atoms with Gasteiger partial charge in [0.05, 0.1) is 47.4 Å². The summed E-state index contributed by atoms with van der Waals surface area (Å²) in [5.41, 5.74) is 0.351. The molecule has 3 aliphatic rings. The van der Waals surface area contributed by atoms with E-state index in [0.29, 0.717) is 17.4 Å². The number of carbonyl (C=O) groups is 1. The molecule has 2 saturated heterocycles. The largest absolute Gasteiger partial charge is 0.376 e. The lowest BCUT2D eigenvalue weighted by molar-refractivity contribution is -0.123. The van der Waals surface area contributed by atoms with Gasteiger partial charge in [0.2, 0.25) is 5.91 Å². The Labute approximate surface area is 197 Å². The number of hydrogen-bond acceptors (Lipinski definition) is 6. The maximum atomic E-state index is 14.4. The van der Waals surface area contributed by atoms with Gasteiger partial charge in [0, 0.05) is 37.8 Å². The maximum absolute atomic E-state index is 14.4. The summed E-state index contributed by atoms with van der Waals surface area (Å²) >= 11 is 6.61. The number of hydrogen-bond donors (Lipinski definition) is 1. The summed E-state index contributed by atoms with van der Waals surface area (Å²) in [6.07, 6.45) is 2.23. The SMILES string of the molecule is C[C@@]1(N2CCN(c3cc4cc(NC(=O)[C@@H]5CC[C@H]5C#N)ncc4cc3Cl)CC2)COC[C@@H]1F. The smallest absolute Gasteiger partial charge is 0.229 e. The summed E-state index contributed by atoms with van der Waals surface area (Å²) < 4.78 is 19.8. The van der Waals surface area contributed by atoms with E-state index >= 15 is 0 Å². The van der Waals surface area contributed by atoms with Gasteiger partial charge in [-0.15, -0.1) is 0 Å². The van der Waals surface area contributed by atoms with Crippen LogP contribution in [-0.4, -0.2) is 66.9 Å². The number of anilines is 2. The summed E-state index contributed by atoms with van der Waals surface area (Å²) in [6.45, 7) is 5.45. The predicted molar refractivity (Wildman–Crippen MR) is 125 cm³/mol. The molecular formula is C24H27ClFN5O2. The van der Waals surface area contributed by atoms with Crippen LogP contribution in [0.2, 0.25) is 5.02 Å². The average Bonchev–Trinajstić information content (AvgIpc) is 3.12. The number of fused-ring (bicyclic) bond motifs is 1. The molecule has 4 atom stereocenters. The third kappa shape index (κ3) is 4.03. The van der Waals surface area contributed by atoms with E-state index in [-0.39, 0.29) is 24.3 Å². The van der Waals surface area contributed by atoms with E-state index in [1.165, 1.54) is 0 Å². The number of nitrogens with zero attached hydrogens (tertiary/aromatic N) is 4. The topological polar surface area (TPSA) is 81.5 Å². The van der Waals surface area contributed by atoms with Crippen LogP contribution in [0.3, 0.4) is 0 Å². The molecule has 0 spiro atoms. The van der Waals surface area contributed by atoms with Gasteiger partial charge in [-0.25, -0.2) is 9.37 Å². The molecule has 1 N–H and O–H groups in total. The van der Waals surface area contributed by atoms with Crippen LogP contribution in [0.15, 0.2) is 24.4 Å². The Morgan fingerprint density at radius 1 is 1.27 bits per heavy atom. The second-order valence-electron chi connectivity index (χ2n) is 9.44. The number of halogens is 2. The number of rotatable bonds is 4. The first-order valence-corrected chi connectivity index (χ1v) is 11.8. The van der Waals surface area contributed by atoms with Gasteiger partial charge >= 0.3 is 0 Å². The molecule has 0 bridgehead atoms. The highest BCUT2D eigenvalue weighted by Gasteiger charge is 2.46. The van der Waals surface area contributed by atoms with Crippen molar-refractivity contribution in [2.24, 2.45) is 11.8 Å². The summed E-state index contributed by atoms with van der Waals surface area (Å²) in [5.74, 6) is -0.154. The van der Waals surface area contributed by atoms with Gasteiger partial charge in [0.1, 0.15) is 12.0 Å². The average molecular weight is 472 g/mol. The molecule has 3 heterocycles. The lowest BCUT2D eigenvalue weighted by atomic mass is 9.74. The Morgan fingerprint density at radius 2 is 2.06 bits per heavy atom. The minimum absolute atomic E-state index is 0.152. The van der Waals surface area contributed by atoms with Crippen molar-refractivity contribution in [3.63, 3.8) is 0 Å². The van der Waals surface area contributed by atoms with Crippen molar-refractivity contribution in [3.8, 4) is 6.07 Å². The molecule has 1 aliphatic carbocycles.